The van der Waals surface area contributed by atoms with E-state index in [4.69, 9.17) is 0 Å². The first kappa shape index (κ1) is 15.0. The number of aromatic nitrogens is 2. The molecule has 0 spiro atoms. The molecule has 0 atom stereocenters. The first-order chi connectivity index (χ1) is 9.06. The molecule has 1 aliphatic rings. The fraction of sp³-hybridized carbons (Fsp3) is 0.786. The molecule has 1 fully saturated rings. The summed E-state index contributed by atoms with van der Waals surface area (Å²) in [5.74, 6) is 0. The highest BCUT2D eigenvalue weighted by atomic mass is 79.9. The molecule has 0 aliphatic heterocycles. The van der Waals surface area contributed by atoms with E-state index in [1.807, 2.05) is 11.7 Å². The van der Waals surface area contributed by atoms with Gasteiger partial charge in [-0.3, -0.25) is 4.68 Å². The third kappa shape index (κ3) is 3.58. The second-order valence-corrected chi connectivity index (χ2v) is 6.37. The zero-order valence-corrected chi connectivity index (χ0v) is 13.5. The molecule has 0 unspecified atom stereocenters. The summed E-state index contributed by atoms with van der Waals surface area (Å²) in [6.45, 7) is 3.52. The maximum absolute atomic E-state index is 10.4. The van der Waals surface area contributed by atoms with Crippen molar-refractivity contribution >= 4 is 15.9 Å². The topological polar surface area (TPSA) is 50.1 Å². The van der Waals surface area contributed by atoms with E-state index >= 15 is 0 Å². The Balaban J connectivity index is 1.90. The van der Waals surface area contributed by atoms with Gasteiger partial charge in [0.1, 0.15) is 0 Å². The van der Waals surface area contributed by atoms with Crippen LogP contribution in [0.2, 0.25) is 0 Å². The van der Waals surface area contributed by atoms with Gasteiger partial charge >= 0.3 is 0 Å². The van der Waals surface area contributed by atoms with Gasteiger partial charge in [-0.05, 0) is 35.2 Å². The summed E-state index contributed by atoms with van der Waals surface area (Å²) in [4.78, 5) is 0. The molecule has 1 aliphatic carbocycles. The van der Waals surface area contributed by atoms with Crippen LogP contribution in [0.25, 0.3) is 0 Å². The average Bonchev–Trinajstić information content (AvgIpc) is 2.66. The van der Waals surface area contributed by atoms with Gasteiger partial charge in [-0.25, -0.2) is 0 Å². The number of aryl methyl sites for hydroxylation is 2. The fourth-order valence-electron chi connectivity index (χ4n) is 2.81. The number of aliphatic hydroxyl groups is 1. The smallest absolute Gasteiger partial charge is 0.0771 e. The number of rotatable bonds is 5. The van der Waals surface area contributed by atoms with Crippen molar-refractivity contribution in [1.29, 1.82) is 0 Å². The molecule has 19 heavy (non-hydrogen) atoms. The lowest BCUT2D eigenvalue weighted by Gasteiger charge is -2.32. The molecule has 0 saturated heterocycles. The minimum absolute atomic E-state index is 0.503. The van der Waals surface area contributed by atoms with Crippen LogP contribution in [0, 0.1) is 0 Å². The average molecular weight is 330 g/mol. The van der Waals surface area contributed by atoms with Gasteiger partial charge in [-0.15, -0.1) is 0 Å². The largest absolute Gasteiger partial charge is 0.389 e. The van der Waals surface area contributed by atoms with Crippen molar-refractivity contribution in [3.05, 3.63) is 15.9 Å². The number of hydrogen-bond donors (Lipinski definition) is 2. The van der Waals surface area contributed by atoms with E-state index in [1.54, 1.807) is 0 Å². The minimum Gasteiger partial charge on any atom is -0.389 e. The quantitative estimate of drug-likeness (QED) is 0.872. The molecule has 1 heterocycles. The summed E-state index contributed by atoms with van der Waals surface area (Å²) in [5.41, 5.74) is 1.74. The number of halogens is 1. The van der Waals surface area contributed by atoms with Crippen LogP contribution in [0.5, 0.6) is 0 Å². The lowest BCUT2D eigenvalue weighted by molar-refractivity contribution is 0.00455. The van der Waals surface area contributed by atoms with Crippen LogP contribution in [0.1, 0.15) is 50.4 Å². The summed E-state index contributed by atoms with van der Waals surface area (Å²) in [6.07, 6.45) is 6.33. The predicted molar refractivity (Wildman–Crippen MR) is 80.0 cm³/mol. The van der Waals surface area contributed by atoms with Gasteiger partial charge in [-0.1, -0.05) is 26.2 Å². The Hall–Kier alpha value is -0.390. The lowest BCUT2D eigenvalue weighted by atomic mass is 9.85. The van der Waals surface area contributed by atoms with E-state index in [0.29, 0.717) is 6.54 Å². The van der Waals surface area contributed by atoms with Gasteiger partial charge in [0.05, 0.1) is 21.5 Å². The third-order valence-corrected chi connectivity index (χ3v) is 4.95. The molecule has 0 aromatic carbocycles. The zero-order chi connectivity index (χ0) is 13.9. The van der Waals surface area contributed by atoms with Crippen LogP contribution in [-0.2, 0) is 20.0 Å². The lowest BCUT2D eigenvalue weighted by Crippen LogP contribution is -2.42. The van der Waals surface area contributed by atoms with Crippen LogP contribution < -0.4 is 5.32 Å². The Labute approximate surface area is 123 Å². The third-order valence-electron chi connectivity index (χ3n) is 4.03. The molecule has 0 bridgehead atoms. The SMILES string of the molecule is CCc1nn(C)c(CNCC2(O)CCCCC2)c1Br. The van der Waals surface area contributed by atoms with Crippen molar-refractivity contribution in [2.24, 2.45) is 7.05 Å². The molecule has 0 radical (unpaired) electrons. The highest BCUT2D eigenvalue weighted by Gasteiger charge is 2.28. The Morgan fingerprint density at radius 3 is 2.63 bits per heavy atom. The molecule has 2 rings (SSSR count). The normalized spacial score (nSPS) is 18.7. The van der Waals surface area contributed by atoms with Crippen LogP contribution >= 0.6 is 15.9 Å². The standard InChI is InChI=1S/C14H24BrN3O/c1-3-11-13(15)12(18(2)17-11)9-16-10-14(19)7-5-4-6-8-14/h16,19H,3-10H2,1-2H3. The zero-order valence-electron chi connectivity index (χ0n) is 11.9. The van der Waals surface area contributed by atoms with Gasteiger partial charge in [0, 0.05) is 20.1 Å². The molecule has 5 heteroatoms. The molecular formula is C14H24BrN3O. The number of nitrogens with one attached hydrogen (secondary N) is 1. The molecular weight excluding hydrogens is 306 g/mol. The fourth-order valence-corrected chi connectivity index (χ4v) is 3.57. The summed E-state index contributed by atoms with van der Waals surface area (Å²) >= 11 is 3.62. The highest BCUT2D eigenvalue weighted by molar-refractivity contribution is 9.10. The Kier molecular flexibility index (Phi) is 5.03. The van der Waals surface area contributed by atoms with Crippen molar-refractivity contribution in [2.45, 2.75) is 57.6 Å². The van der Waals surface area contributed by atoms with E-state index in [-0.39, 0.29) is 0 Å². The van der Waals surface area contributed by atoms with Crippen molar-refractivity contribution in [2.75, 3.05) is 6.54 Å². The molecule has 1 aromatic heterocycles. The van der Waals surface area contributed by atoms with Crippen molar-refractivity contribution in [1.82, 2.24) is 15.1 Å². The second kappa shape index (κ2) is 6.37. The maximum atomic E-state index is 10.4. The number of nitrogens with zero attached hydrogens (tertiary/aromatic N) is 2. The first-order valence-electron chi connectivity index (χ1n) is 7.19. The van der Waals surface area contributed by atoms with E-state index in [9.17, 15) is 5.11 Å². The van der Waals surface area contributed by atoms with Crippen LogP contribution in [-0.4, -0.2) is 27.0 Å². The molecule has 0 amide bonds. The van der Waals surface area contributed by atoms with Crippen LogP contribution in [0.15, 0.2) is 4.47 Å². The van der Waals surface area contributed by atoms with Gasteiger partial charge in [0.15, 0.2) is 0 Å². The number of hydrogen-bond acceptors (Lipinski definition) is 3. The minimum atomic E-state index is -0.503. The molecule has 108 valence electrons. The molecule has 2 N–H and O–H groups in total. The summed E-state index contributed by atoms with van der Waals surface area (Å²) in [7, 11) is 1.97. The van der Waals surface area contributed by atoms with E-state index in [2.05, 4.69) is 33.3 Å². The predicted octanol–water partition coefficient (Wildman–Crippen LogP) is 2.53. The maximum Gasteiger partial charge on any atom is 0.0771 e. The Bertz CT molecular complexity index is 425. The van der Waals surface area contributed by atoms with Crippen molar-refractivity contribution < 1.29 is 5.11 Å². The van der Waals surface area contributed by atoms with Gasteiger partial charge in [0.2, 0.25) is 0 Å². The summed E-state index contributed by atoms with van der Waals surface area (Å²) < 4.78 is 3.02. The Morgan fingerprint density at radius 1 is 1.37 bits per heavy atom. The van der Waals surface area contributed by atoms with Gasteiger partial charge in [-0.2, -0.15) is 5.10 Å². The van der Waals surface area contributed by atoms with Crippen molar-refractivity contribution in [3.8, 4) is 0 Å². The summed E-state index contributed by atoms with van der Waals surface area (Å²) in [5, 5.41) is 18.3. The summed E-state index contributed by atoms with van der Waals surface area (Å²) in [6, 6.07) is 0. The molecule has 4 nitrogen and oxygen atoms in total. The monoisotopic (exact) mass is 329 g/mol. The molecule has 1 aromatic rings. The first-order valence-corrected chi connectivity index (χ1v) is 7.98. The van der Waals surface area contributed by atoms with E-state index < -0.39 is 5.60 Å². The Morgan fingerprint density at radius 2 is 2.05 bits per heavy atom. The van der Waals surface area contributed by atoms with E-state index in [0.717, 1.165) is 54.5 Å². The van der Waals surface area contributed by atoms with Crippen molar-refractivity contribution in [3.63, 3.8) is 0 Å². The van der Waals surface area contributed by atoms with E-state index in [1.165, 1.54) is 6.42 Å². The molecule has 1 saturated carbocycles. The van der Waals surface area contributed by atoms with Gasteiger partial charge < -0.3 is 10.4 Å². The van der Waals surface area contributed by atoms with Crippen LogP contribution in [0.4, 0.5) is 0 Å². The highest BCUT2D eigenvalue weighted by Crippen LogP contribution is 2.27. The van der Waals surface area contributed by atoms with Crippen LogP contribution in [0.3, 0.4) is 0 Å². The second-order valence-electron chi connectivity index (χ2n) is 5.57. The van der Waals surface area contributed by atoms with Gasteiger partial charge in [0.25, 0.3) is 0 Å².